The van der Waals surface area contributed by atoms with Crippen LogP contribution in [0.3, 0.4) is 0 Å². The molecule has 0 N–H and O–H groups in total. The molecule has 1 aromatic carbocycles. The van der Waals surface area contributed by atoms with Crippen LogP contribution in [0.2, 0.25) is 0 Å². The summed E-state index contributed by atoms with van der Waals surface area (Å²) in [6.07, 6.45) is 0. The molecule has 1 fully saturated rings. The van der Waals surface area contributed by atoms with Gasteiger partial charge in [-0.2, -0.15) is 4.89 Å². The van der Waals surface area contributed by atoms with Gasteiger partial charge in [0.15, 0.2) is 5.60 Å². The molecule has 1 saturated heterocycles. The zero-order valence-corrected chi connectivity index (χ0v) is 22.9. The Hall–Kier alpha value is 0.970. The quantitative estimate of drug-likeness (QED) is 0.158. The molecule has 29 heavy (non-hydrogen) atoms. The van der Waals surface area contributed by atoms with Crippen molar-refractivity contribution >= 4 is 7.82 Å². The molecule has 0 radical (unpaired) electrons. The maximum Gasteiger partial charge on any atom is 1.00 e. The van der Waals surface area contributed by atoms with E-state index in [1.807, 2.05) is 20.8 Å². The largest absolute Gasteiger partial charge is 1.00 e. The molecule has 0 spiro atoms. The first-order valence-corrected chi connectivity index (χ1v) is 9.78. The Kier molecular flexibility index (Phi) is 12.1. The number of hydrogen-bond donors (Lipinski definition) is 0. The average molecular weight is 450 g/mol. The molecule has 0 amide bonds. The van der Waals surface area contributed by atoms with E-state index in [4.69, 9.17) is 24.0 Å². The Morgan fingerprint density at radius 3 is 2.21 bits per heavy atom. The molecule has 9 nitrogen and oxygen atoms in total. The van der Waals surface area contributed by atoms with Crippen molar-refractivity contribution < 1.29 is 102 Å². The average Bonchev–Trinajstić information content (AvgIpc) is 2.52. The number of phosphoric ester groups is 1. The van der Waals surface area contributed by atoms with Crippen LogP contribution in [-0.4, -0.2) is 39.6 Å². The van der Waals surface area contributed by atoms with Crippen LogP contribution in [0.25, 0.3) is 0 Å². The van der Waals surface area contributed by atoms with E-state index in [2.05, 4.69) is 4.52 Å². The molecular formula is C17H25Na2O9P. The smallest absolute Gasteiger partial charge is 0.780 e. The number of phosphoric acid groups is 1. The van der Waals surface area contributed by atoms with Crippen molar-refractivity contribution in [3.8, 4) is 5.75 Å². The fourth-order valence-corrected chi connectivity index (χ4v) is 3.39. The Morgan fingerprint density at radius 2 is 1.76 bits per heavy atom. The molecule has 2 rings (SSSR count). The standard InChI is InChI=1S/C17H27O9P.2Na/c1-15(2,3)16(12-23-10-9-21-4)17(22-5,26-25-16)13-7-6-8-14(11-13)24-27(18,19)20;;/h6-8,11H,9-10,12H2,1-5H3,(H2,18,19,20);;/q;2*+1/p-2. The van der Waals surface area contributed by atoms with Gasteiger partial charge in [0.2, 0.25) is 0 Å². The number of benzene rings is 1. The Morgan fingerprint density at radius 1 is 1.10 bits per heavy atom. The number of methoxy groups -OCH3 is 2. The molecule has 12 heteroatoms. The SMILES string of the molecule is COCCOCC1(C(C)(C)C)OOC1(OC)c1cccc(OP(=O)([O-])[O-])c1.[Na+].[Na+]. The summed E-state index contributed by atoms with van der Waals surface area (Å²) in [5, 5.41) is 0. The van der Waals surface area contributed by atoms with Crippen LogP contribution in [0.15, 0.2) is 24.3 Å². The topological polar surface area (TPSA) is 119 Å². The van der Waals surface area contributed by atoms with Gasteiger partial charge in [0, 0.05) is 25.2 Å². The zero-order chi connectivity index (χ0) is 20.3. The second-order valence-electron chi connectivity index (χ2n) is 7.18. The summed E-state index contributed by atoms with van der Waals surface area (Å²) in [6, 6.07) is 5.91. The fourth-order valence-electron chi connectivity index (χ4n) is 3.02. The third-order valence-electron chi connectivity index (χ3n) is 4.50. The normalized spacial score (nSPS) is 24.1. The molecule has 1 aliphatic rings. The predicted octanol–water partition coefficient (Wildman–Crippen LogP) is -4.89. The minimum absolute atomic E-state index is 0. The minimum Gasteiger partial charge on any atom is -0.780 e. The second-order valence-corrected chi connectivity index (χ2v) is 8.25. The van der Waals surface area contributed by atoms with Gasteiger partial charge in [-0.3, -0.25) is 0 Å². The molecule has 0 bridgehead atoms. The van der Waals surface area contributed by atoms with E-state index in [0.29, 0.717) is 18.8 Å². The Labute approximate surface area is 215 Å². The van der Waals surface area contributed by atoms with Gasteiger partial charge in [-0.15, -0.1) is 0 Å². The van der Waals surface area contributed by atoms with E-state index in [9.17, 15) is 14.4 Å². The first kappa shape index (κ1) is 30.0. The van der Waals surface area contributed by atoms with Gasteiger partial charge in [0.05, 0.1) is 19.8 Å². The van der Waals surface area contributed by atoms with Crippen molar-refractivity contribution in [2.24, 2.45) is 5.41 Å². The van der Waals surface area contributed by atoms with Crippen LogP contribution < -0.4 is 73.4 Å². The van der Waals surface area contributed by atoms with Gasteiger partial charge in [0.1, 0.15) is 13.6 Å². The first-order chi connectivity index (χ1) is 12.5. The van der Waals surface area contributed by atoms with Crippen LogP contribution in [0, 0.1) is 5.41 Å². The van der Waals surface area contributed by atoms with Crippen LogP contribution in [0.1, 0.15) is 26.3 Å². The molecule has 154 valence electrons. The van der Waals surface area contributed by atoms with Crippen LogP contribution in [-0.2, 0) is 34.3 Å². The van der Waals surface area contributed by atoms with Crippen molar-refractivity contribution in [3.05, 3.63) is 29.8 Å². The summed E-state index contributed by atoms with van der Waals surface area (Å²) in [7, 11) is -2.19. The van der Waals surface area contributed by atoms with Crippen molar-refractivity contribution in [1.29, 1.82) is 0 Å². The fraction of sp³-hybridized carbons (Fsp3) is 0.647. The first-order valence-electron chi connectivity index (χ1n) is 8.32. The maximum atomic E-state index is 10.9. The van der Waals surface area contributed by atoms with Gasteiger partial charge in [0.25, 0.3) is 5.79 Å². The van der Waals surface area contributed by atoms with Crippen molar-refractivity contribution in [2.75, 3.05) is 34.0 Å². The van der Waals surface area contributed by atoms with E-state index in [0.717, 1.165) is 0 Å². The maximum absolute atomic E-state index is 10.9. The van der Waals surface area contributed by atoms with Crippen molar-refractivity contribution in [3.63, 3.8) is 0 Å². The summed E-state index contributed by atoms with van der Waals surface area (Å²) in [5.74, 6) is -1.54. The third kappa shape index (κ3) is 6.49. The number of ether oxygens (including phenoxy) is 3. The van der Waals surface area contributed by atoms with E-state index in [-0.39, 0.29) is 71.5 Å². The van der Waals surface area contributed by atoms with Crippen LogP contribution in [0.4, 0.5) is 0 Å². The second kappa shape index (κ2) is 11.7. The molecule has 1 aromatic rings. The van der Waals surface area contributed by atoms with Crippen molar-refractivity contribution in [2.45, 2.75) is 32.2 Å². The third-order valence-corrected chi connectivity index (χ3v) is 4.93. The molecule has 0 aromatic heterocycles. The van der Waals surface area contributed by atoms with Gasteiger partial charge < -0.3 is 33.1 Å². The van der Waals surface area contributed by atoms with Crippen molar-refractivity contribution in [1.82, 2.24) is 0 Å². The molecule has 0 saturated carbocycles. The Bertz CT molecular complexity index is 690. The summed E-state index contributed by atoms with van der Waals surface area (Å²) in [5.41, 5.74) is -1.13. The summed E-state index contributed by atoms with van der Waals surface area (Å²) >= 11 is 0. The summed E-state index contributed by atoms with van der Waals surface area (Å²) < 4.78 is 31.8. The molecule has 1 heterocycles. The van der Waals surface area contributed by atoms with E-state index < -0.39 is 24.6 Å². The van der Waals surface area contributed by atoms with E-state index in [1.54, 1.807) is 13.2 Å². The van der Waals surface area contributed by atoms with Crippen LogP contribution >= 0.6 is 7.82 Å². The zero-order valence-electron chi connectivity index (χ0n) is 18.1. The minimum atomic E-state index is -5.20. The van der Waals surface area contributed by atoms with E-state index >= 15 is 0 Å². The molecule has 2 atom stereocenters. The van der Waals surface area contributed by atoms with Gasteiger partial charge in [-0.05, 0) is 12.1 Å². The number of hydrogen-bond acceptors (Lipinski definition) is 9. The van der Waals surface area contributed by atoms with E-state index in [1.165, 1.54) is 25.3 Å². The molecular weight excluding hydrogens is 425 g/mol. The van der Waals surface area contributed by atoms with Crippen LogP contribution in [0.5, 0.6) is 5.75 Å². The molecule has 0 aliphatic carbocycles. The Balaban J connectivity index is 0.00000392. The summed E-state index contributed by atoms with van der Waals surface area (Å²) in [4.78, 5) is 32.8. The molecule has 2 unspecified atom stereocenters. The van der Waals surface area contributed by atoms with Gasteiger partial charge in [-0.25, -0.2) is 4.89 Å². The predicted molar refractivity (Wildman–Crippen MR) is 90.4 cm³/mol. The summed E-state index contributed by atoms with van der Waals surface area (Å²) in [6.45, 7) is 6.69. The van der Waals surface area contributed by atoms with Gasteiger partial charge >= 0.3 is 59.1 Å². The van der Waals surface area contributed by atoms with Gasteiger partial charge in [-0.1, -0.05) is 32.9 Å². The number of rotatable bonds is 9. The monoisotopic (exact) mass is 450 g/mol. The molecule has 1 aliphatic heterocycles.